The Bertz CT molecular complexity index is 1120. The second kappa shape index (κ2) is 13.2. The van der Waals surface area contributed by atoms with Crippen molar-refractivity contribution in [3.05, 3.63) is 101 Å². The molecule has 0 saturated carbocycles. The first-order valence-electron chi connectivity index (χ1n) is 10.8. The number of benzene rings is 3. The van der Waals surface area contributed by atoms with Crippen molar-refractivity contribution in [1.82, 2.24) is 5.48 Å². The van der Waals surface area contributed by atoms with E-state index in [1.54, 1.807) is 54.6 Å². The highest BCUT2D eigenvalue weighted by atomic mass is 79.9. The zero-order chi connectivity index (χ0) is 25.0. The van der Waals surface area contributed by atoms with Crippen molar-refractivity contribution in [2.75, 3.05) is 5.32 Å². The lowest BCUT2D eigenvalue weighted by Gasteiger charge is -2.28. The van der Waals surface area contributed by atoms with Crippen LogP contribution in [0.3, 0.4) is 0 Å². The largest absolute Gasteiger partial charge is 0.508 e. The highest BCUT2D eigenvalue weighted by molar-refractivity contribution is 9.10. The van der Waals surface area contributed by atoms with Gasteiger partial charge in [-0.25, -0.2) is 10.3 Å². The molecule has 2 amide bonds. The number of rotatable bonds is 10. The molecule has 8 nitrogen and oxygen atoms in total. The van der Waals surface area contributed by atoms with Crippen LogP contribution < -0.4 is 15.5 Å². The van der Waals surface area contributed by atoms with Crippen LogP contribution in [0.25, 0.3) is 0 Å². The summed E-state index contributed by atoms with van der Waals surface area (Å²) >= 11 is 3.36. The SMILES string of the molecule is O=C(/C=C/CC[C@@H](Oc1ccccc1)[C@H](OC(=O)Nc1ccc(Br)cc1)c1ccc(O)cc1)NO. The van der Waals surface area contributed by atoms with Gasteiger partial charge in [0.25, 0.3) is 5.91 Å². The van der Waals surface area contributed by atoms with Crippen LogP contribution in [-0.2, 0) is 9.53 Å². The third kappa shape index (κ3) is 8.47. The highest BCUT2D eigenvalue weighted by Crippen LogP contribution is 2.30. The minimum absolute atomic E-state index is 0.0743. The Morgan fingerprint density at radius 1 is 0.971 bits per heavy atom. The summed E-state index contributed by atoms with van der Waals surface area (Å²) in [4.78, 5) is 24.1. The molecule has 0 fully saturated rings. The van der Waals surface area contributed by atoms with Gasteiger partial charge in [-0.2, -0.15) is 0 Å². The molecule has 9 heteroatoms. The number of carbonyl (C=O) groups is 2. The summed E-state index contributed by atoms with van der Waals surface area (Å²) in [6, 6.07) is 22.5. The molecule has 3 rings (SSSR count). The fraction of sp³-hybridized carbons (Fsp3) is 0.154. The van der Waals surface area contributed by atoms with E-state index in [1.165, 1.54) is 23.7 Å². The predicted molar refractivity (Wildman–Crippen MR) is 134 cm³/mol. The number of phenolic OH excluding ortho intramolecular Hbond substituents is 1. The molecule has 0 unspecified atom stereocenters. The Morgan fingerprint density at radius 3 is 2.31 bits per heavy atom. The van der Waals surface area contributed by atoms with Crippen LogP contribution in [0.2, 0.25) is 0 Å². The molecule has 0 aliphatic carbocycles. The number of phenols is 1. The third-order valence-electron chi connectivity index (χ3n) is 4.91. The molecule has 0 heterocycles. The Balaban J connectivity index is 1.85. The van der Waals surface area contributed by atoms with E-state index in [4.69, 9.17) is 14.7 Å². The van der Waals surface area contributed by atoms with Gasteiger partial charge in [-0.3, -0.25) is 15.3 Å². The van der Waals surface area contributed by atoms with Crippen molar-refractivity contribution in [3.8, 4) is 11.5 Å². The molecule has 0 bridgehead atoms. The van der Waals surface area contributed by atoms with Crippen LogP contribution in [0.4, 0.5) is 10.5 Å². The van der Waals surface area contributed by atoms with Gasteiger partial charge in [-0.1, -0.05) is 52.3 Å². The topological polar surface area (TPSA) is 117 Å². The van der Waals surface area contributed by atoms with Gasteiger partial charge in [0.1, 0.15) is 17.6 Å². The normalized spacial score (nSPS) is 12.5. The average Bonchev–Trinajstić information content (AvgIpc) is 2.87. The zero-order valence-corrected chi connectivity index (χ0v) is 20.2. The number of amides is 2. The monoisotopic (exact) mass is 540 g/mol. The van der Waals surface area contributed by atoms with Crippen molar-refractivity contribution in [3.63, 3.8) is 0 Å². The Labute approximate surface area is 211 Å². The van der Waals surface area contributed by atoms with Crippen molar-refractivity contribution < 1.29 is 29.4 Å². The molecule has 0 aliphatic rings. The molecule has 4 N–H and O–H groups in total. The lowest BCUT2D eigenvalue weighted by atomic mass is 10.00. The van der Waals surface area contributed by atoms with Gasteiger partial charge < -0.3 is 14.6 Å². The number of anilines is 1. The second-order valence-corrected chi connectivity index (χ2v) is 8.39. The number of carbonyl (C=O) groups excluding carboxylic acids is 2. The van der Waals surface area contributed by atoms with Crippen LogP contribution in [0, 0.1) is 0 Å². The lowest BCUT2D eigenvalue weighted by Crippen LogP contribution is -2.31. The first-order valence-corrected chi connectivity index (χ1v) is 11.6. The maximum atomic E-state index is 12.8. The molecule has 0 aliphatic heterocycles. The molecular weight excluding hydrogens is 516 g/mol. The third-order valence-corrected chi connectivity index (χ3v) is 5.44. The van der Waals surface area contributed by atoms with E-state index >= 15 is 0 Å². The van der Waals surface area contributed by atoms with Gasteiger partial charge in [0.05, 0.1) is 0 Å². The highest BCUT2D eigenvalue weighted by Gasteiger charge is 2.29. The van der Waals surface area contributed by atoms with Crippen molar-refractivity contribution in [2.45, 2.75) is 25.0 Å². The summed E-state index contributed by atoms with van der Waals surface area (Å²) < 4.78 is 12.9. The summed E-state index contributed by atoms with van der Waals surface area (Å²) in [5.41, 5.74) is 2.71. The molecule has 3 aromatic rings. The van der Waals surface area contributed by atoms with Crippen molar-refractivity contribution in [1.29, 1.82) is 0 Å². The fourth-order valence-corrected chi connectivity index (χ4v) is 3.52. The number of halogens is 1. The van der Waals surface area contributed by atoms with Gasteiger partial charge >= 0.3 is 6.09 Å². The van der Waals surface area contributed by atoms with E-state index < -0.39 is 24.2 Å². The first-order chi connectivity index (χ1) is 16.9. The molecule has 0 saturated heterocycles. The Kier molecular flexibility index (Phi) is 9.70. The Morgan fingerprint density at radius 2 is 1.66 bits per heavy atom. The zero-order valence-electron chi connectivity index (χ0n) is 18.6. The summed E-state index contributed by atoms with van der Waals surface area (Å²) in [6.45, 7) is 0. The maximum Gasteiger partial charge on any atom is 0.412 e. The second-order valence-electron chi connectivity index (χ2n) is 7.47. The first kappa shape index (κ1) is 25.8. The van der Waals surface area contributed by atoms with Crippen LogP contribution in [-0.4, -0.2) is 28.4 Å². The molecular formula is C26H25BrN2O6. The summed E-state index contributed by atoms with van der Waals surface area (Å²) in [5, 5.41) is 21.1. The van der Waals surface area contributed by atoms with Gasteiger partial charge in [0.2, 0.25) is 0 Å². The predicted octanol–water partition coefficient (Wildman–Crippen LogP) is 5.73. The number of para-hydroxylation sites is 1. The number of aromatic hydroxyl groups is 1. The number of nitrogens with one attached hydrogen (secondary N) is 2. The van der Waals surface area contributed by atoms with Crippen molar-refractivity contribution >= 4 is 33.6 Å². The van der Waals surface area contributed by atoms with Gasteiger partial charge in [0, 0.05) is 16.2 Å². The average molecular weight is 541 g/mol. The smallest absolute Gasteiger partial charge is 0.412 e. The van der Waals surface area contributed by atoms with E-state index in [9.17, 15) is 14.7 Å². The molecule has 0 spiro atoms. The lowest BCUT2D eigenvalue weighted by molar-refractivity contribution is -0.124. The summed E-state index contributed by atoms with van der Waals surface area (Å²) in [5.74, 6) is 0.00584. The molecule has 35 heavy (non-hydrogen) atoms. The van der Waals surface area contributed by atoms with Gasteiger partial charge in [-0.15, -0.1) is 0 Å². The van der Waals surface area contributed by atoms with Crippen LogP contribution in [0.15, 0.2) is 95.5 Å². The number of allylic oxidation sites excluding steroid dienone is 1. The van der Waals surface area contributed by atoms with Crippen LogP contribution in [0.5, 0.6) is 11.5 Å². The fourth-order valence-electron chi connectivity index (χ4n) is 3.25. The van der Waals surface area contributed by atoms with E-state index in [0.717, 1.165) is 4.47 Å². The maximum absolute atomic E-state index is 12.8. The molecule has 0 aromatic heterocycles. The quantitative estimate of drug-likeness (QED) is 0.148. The number of hydrogen-bond donors (Lipinski definition) is 4. The standard InChI is InChI=1S/C26H25BrN2O6/c27-19-12-14-20(15-13-19)28-26(32)35-25(18-10-16-21(30)17-11-18)23(8-4-5-9-24(31)29-33)34-22-6-2-1-3-7-22/h1-3,5-7,9-17,23,25,30,33H,4,8H2,(H,28,32)(H,29,31)/b9-5+/t23-,25-/m1/s1. The van der Waals surface area contributed by atoms with Crippen LogP contribution in [0.1, 0.15) is 24.5 Å². The molecule has 2 atom stereocenters. The minimum atomic E-state index is -0.841. The van der Waals surface area contributed by atoms with Crippen molar-refractivity contribution in [2.24, 2.45) is 0 Å². The number of ether oxygens (including phenoxy) is 2. The van der Waals surface area contributed by atoms with E-state index in [-0.39, 0.29) is 5.75 Å². The molecule has 0 radical (unpaired) electrons. The number of hydroxylamine groups is 1. The van der Waals surface area contributed by atoms with Gasteiger partial charge in [-0.05, 0) is 66.9 Å². The summed E-state index contributed by atoms with van der Waals surface area (Å²) in [6.07, 6.45) is 1.41. The number of hydrogen-bond acceptors (Lipinski definition) is 6. The van der Waals surface area contributed by atoms with Gasteiger partial charge in [0.15, 0.2) is 6.10 Å². The minimum Gasteiger partial charge on any atom is -0.508 e. The summed E-state index contributed by atoms with van der Waals surface area (Å²) in [7, 11) is 0. The molecule has 3 aromatic carbocycles. The van der Waals surface area contributed by atoms with Crippen LogP contribution >= 0.6 is 15.9 Å². The van der Waals surface area contributed by atoms with E-state index in [2.05, 4.69) is 21.2 Å². The van der Waals surface area contributed by atoms with E-state index in [0.29, 0.717) is 29.8 Å². The molecule has 182 valence electrons. The van der Waals surface area contributed by atoms with E-state index in [1.807, 2.05) is 18.2 Å². The Hall–Kier alpha value is -3.82.